The van der Waals surface area contributed by atoms with Gasteiger partial charge in [0.05, 0.1) is 9.77 Å². The fourth-order valence-corrected chi connectivity index (χ4v) is 1.92. The van der Waals surface area contributed by atoms with Crippen LogP contribution >= 0.6 is 22.6 Å². The third kappa shape index (κ3) is 2.68. The molecule has 0 aromatic carbocycles. The van der Waals surface area contributed by atoms with E-state index in [1.54, 1.807) is 10.9 Å². The van der Waals surface area contributed by atoms with E-state index in [9.17, 15) is 0 Å². The average Bonchev–Trinajstić information content (AvgIpc) is 2.77. The Morgan fingerprint density at radius 2 is 2.00 bits per heavy atom. The Balaban J connectivity index is 2.43. The zero-order valence-corrected chi connectivity index (χ0v) is 12.4. The Morgan fingerprint density at radius 1 is 1.28 bits per heavy atom. The maximum absolute atomic E-state index is 5.72. The van der Waals surface area contributed by atoms with Crippen molar-refractivity contribution in [3.63, 3.8) is 0 Å². The van der Waals surface area contributed by atoms with Gasteiger partial charge >= 0.3 is 0 Å². The second-order valence-corrected chi connectivity index (χ2v) is 4.81. The molecule has 8 heteroatoms. The predicted molar refractivity (Wildman–Crippen MR) is 77.6 cm³/mol. The maximum Gasteiger partial charge on any atom is 0.257 e. The van der Waals surface area contributed by atoms with E-state index in [4.69, 9.17) is 5.73 Å². The van der Waals surface area contributed by atoms with E-state index in [0.717, 1.165) is 16.7 Å². The molecule has 0 fully saturated rings. The quantitative estimate of drug-likeness (QED) is 0.823. The van der Waals surface area contributed by atoms with Crippen LogP contribution in [0.4, 0.5) is 11.9 Å². The summed E-state index contributed by atoms with van der Waals surface area (Å²) in [4.78, 5) is 14.6. The summed E-state index contributed by atoms with van der Waals surface area (Å²) in [6, 6.07) is 0. The Labute approximate surface area is 119 Å². The average molecular weight is 359 g/mol. The topological polar surface area (TPSA) is 85.8 Å². The molecular formula is C10H14IN7. The maximum atomic E-state index is 5.72. The molecule has 2 aromatic heterocycles. The molecule has 2 aromatic rings. The fourth-order valence-electron chi connectivity index (χ4n) is 1.53. The number of nitrogens with two attached hydrogens (primary N) is 1. The van der Waals surface area contributed by atoms with Crippen LogP contribution in [0.3, 0.4) is 0 Å². The smallest absolute Gasteiger partial charge is 0.257 e. The minimum Gasteiger partial charge on any atom is -0.368 e. The van der Waals surface area contributed by atoms with E-state index < -0.39 is 0 Å². The van der Waals surface area contributed by atoms with Gasteiger partial charge in [0, 0.05) is 19.3 Å². The van der Waals surface area contributed by atoms with Crippen molar-refractivity contribution in [1.82, 2.24) is 24.7 Å². The zero-order valence-electron chi connectivity index (χ0n) is 10.2. The highest BCUT2D eigenvalue weighted by Gasteiger charge is 2.11. The van der Waals surface area contributed by atoms with E-state index in [0.29, 0.717) is 11.9 Å². The first-order chi connectivity index (χ1) is 8.63. The lowest BCUT2D eigenvalue weighted by molar-refractivity contribution is 0.764. The second kappa shape index (κ2) is 5.46. The highest BCUT2D eigenvalue weighted by atomic mass is 127. The highest BCUT2D eigenvalue weighted by molar-refractivity contribution is 14.1. The van der Waals surface area contributed by atoms with Crippen molar-refractivity contribution in [2.75, 3.05) is 23.7 Å². The summed E-state index contributed by atoms with van der Waals surface area (Å²) in [6.07, 6.45) is 3.57. The number of hydrogen-bond donors (Lipinski definition) is 1. The van der Waals surface area contributed by atoms with Gasteiger partial charge in [-0.3, -0.25) is 0 Å². The normalized spacial score (nSPS) is 10.6. The van der Waals surface area contributed by atoms with Crippen LogP contribution in [-0.2, 0) is 0 Å². The van der Waals surface area contributed by atoms with Crippen molar-refractivity contribution in [2.45, 2.75) is 13.8 Å². The first kappa shape index (κ1) is 13.0. The first-order valence-corrected chi connectivity index (χ1v) is 6.69. The van der Waals surface area contributed by atoms with Gasteiger partial charge in [0.1, 0.15) is 0 Å². The second-order valence-electron chi connectivity index (χ2n) is 3.57. The summed E-state index contributed by atoms with van der Waals surface area (Å²) in [5, 5.41) is 4.16. The molecule has 0 aliphatic heterocycles. The van der Waals surface area contributed by atoms with E-state index in [1.165, 1.54) is 0 Å². The fraction of sp³-hybridized carbons (Fsp3) is 0.400. The third-order valence-corrected chi connectivity index (χ3v) is 2.99. The van der Waals surface area contributed by atoms with Gasteiger partial charge in [-0.1, -0.05) is 0 Å². The summed E-state index contributed by atoms with van der Waals surface area (Å²) >= 11 is 2.18. The van der Waals surface area contributed by atoms with Crippen LogP contribution < -0.4 is 10.6 Å². The van der Waals surface area contributed by atoms with Crippen molar-refractivity contribution in [1.29, 1.82) is 0 Å². The molecule has 0 atom stereocenters. The molecular weight excluding hydrogens is 345 g/mol. The molecule has 0 bridgehead atoms. The summed E-state index contributed by atoms with van der Waals surface area (Å²) in [5.74, 6) is 1.22. The molecule has 0 aliphatic rings. The number of nitrogens with zero attached hydrogens (tertiary/aromatic N) is 6. The summed E-state index contributed by atoms with van der Waals surface area (Å²) in [7, 11) is 0. The Hall–Kier alpha value is -1.45. The number of anilines is 2. The van der Waals surface area contributed by atoms with Crippen molar-refractivity contribution >= 4 is 34.5 Å². The van der Waals surface area contributed by atoms with Crippen LogP contribution in [0.25, 0.3) is 5.95 Å². The lowest BCUT2D eigenvalue weighted by atomic mass is 10.5. The lowest BCUT2D eigenvalue weighted by Gasteiger charge is -2.18. The van der Waals surface area contributed by atoms with Crippen LogP contribution in [0, 0.1) is 3.57 Å². The standard InChI is InChI=1S/C10H14IN7/c1-3-17(4-2)9-14-8(12)15-10(16-9)18-6-7(11)5-13-18/h5-6H,3-4H2,1-2H3,(H2,12,14,15,16). The summed E-state index contributed by atoms with van der Waals surface area (Å²) in [6.45, 7) is 5.71. The molecule has 2 heterocycles. The molecule has 2 rings (SSSR count). The molecule has 0 unspecified atom stereocenters. The van der Waals surface area contributed by atoms with Crippen molar-refractivity contribution < 1.29 is 0 Å². The molecule has 18 heavy (non-hydrogen) atoms. The molecule has 0 amide bonds. The largest absolute Gasteiger partial charge is 0.368 e. The molecule has 0 radical (unpaired) electrons. The lowest BCUT2D eigenvalue weighted by Crippen LogP contribution is -2.25. The molecule has 2 N–H and O–H groups in total. The van der Waals surface area contributed by atoms with Crippen LogP contribution in [0.5, 0.6) is 0 Å². The summed E-state index contributed by atoms with van der Waals surface area (Å²) < 4.78 is 2.60. The molecule has 7 nitrogen and oxygen atoms in total. The van der Waals surface area contributed by atoms with Crippen LogP contribution in [0.15, 0.2) is 12.4 Å². The third-order valence-electron chi connectivity index (χ3n) is 2.43. The van der Waals surface area contributed by atoms with Gasteiger partial charge in [-0.2, -0.15) is 20.1 Å². The van der Waals surface area contributed by atoms with Gasteiger partial charge in [-0.15, -0.1) is 0 Å². The Morgan fingerprint density at radius 3 is 2.56 bits per heavy atom. The van der Waals surface area contributed by atoms with Gasteiger partial charge in [0.15, 0.2) is 0 Å². The van der Waals surface area contributed by atoms with Gasteiger partial charge in [0.2, 0.25) is 11.9 Å². The Bertz CT molecular complexity index is 535. The molecule has 0 saturated carbocycles. The van der Waals surface area contributed by atoms with Crippen LogP contribution in [-0.4, -0.2) is 37.8 Å². The molecule has 0 saturated heterocycles. The van der Waals surface area contributed by atoms with Crippen molar-refractivity contribution in [2.24, 2.45) is 0 Å². The number of hydrogen-bond acceptors (Lipinski definition) is 6. The van der Waals surface area contributed by atoms with Crippen molar-refractivity contribution in [3.05, 3.63) is 16.0 Å². The molecule has 0 aliphatic carbocycles. The zero-order chi connectivity index (χ0) is 13.1. The minimum atomic E-state index is 0.201. The number of nitrogen functional groups attached to an aromatic ring is 1. The first-order valence-electron chi connectivity index (χ1n) is 5.61. The van der Waals surface area contributed by atoms with Gasteiger partial charge < -0.3 is 10.6 Å². The molecule has 96 valence electrons. The predicted octanol–water partition coefficient (Wildman–Crippen LogP) is 1.09. The number of rotatable bonds is 4. The molecule has 0 spiro atoms. The minimum absolute atomic E-state index is 0.201. The van der Waals surface area contributed by atoms with E-state index in [2.05, 4.69) is 42.6 Å². The van der Waals surface area contributed by atoms with Crippen LogP contribution in [0.1, 0.15) is 13.8 Å². The number of halogens is 1. The Kier molecular flexibility index (Phi) is 3.94. The van der Waals surface area contributed by atoms with Gasteiger partial charge in [0.25, 0.3) is 5.95 Å². The SMILES string of the molecule is CCN(CC)c1nc(N)nc(-n2cc(I)cn2)n1. The van der Waals surface area contributed by atoms with E-state index in [1.807, 2.05) is 24.9 Å². The number of aromatic nitrogens is 5. The van der Waals surface area contributed by atoms with Gasteiger partial charge in [-0.05, 0) is 36.4 Å². The van der Waals surface area contributed by atoms with E-state index >= 15 is 0 Å². The van der Waals surface area contributed by atoms with Crippen molar-refractivity contribution in [3.8, 4) is 5.95 Å². The van der Waals surface area contributed by atoms with Gasteiger partial charge in [-0.25, -0.2) is 4.68 Å². The van der Waals surface area contributed by atoms with E-state index in [-0.39, 0.29) is 5.95 Å². The monoisotopic (exact) mass is 359 g/mol. The van der Waals surface area contributed by atoms with Crippen LogP contribution in [0.2, 0.25) is 0 Å². The highest BCUT2D eigenvalue weighted by Crippen LogP contribution is 2.12. The summed E-state index contributed by atoms with van der Waals surface area (Å²) in [5.41, 5.74) is 5.72.